The molecule has 0 aliphatic heterocycles. The van der Waals surface area contributed by atoms with Gasteiger partial charge in [0, 0.05) is 10.6 Å². The van der Waals surface area contributed by atoms with E-state index in [-0.39, 0.29) is 0 Å². The highest BCUT2D eigenvalue weighted by molar-refractivity contribution is 6.32. The van der Waals surface area contributed by atoms with Crippen LogP contribution in [0.25, 0.3) is 0 Å². The normalized spacial score (nSPS) is 12.6. The van der Waals surface area contributed by atoms with Gasteiger partial charge in [-0.15, -0.1) is 0 Å². The zero-order valence-electron chi connectivity index (χ0n) is 11.1. The summed E-state index contributed by atoms with van der Waals surface area (Å²) < 4.78 is 5.47. The topological polar surface area (TPSA) is 35.2 Å². The maximum atomic E-state index is 6.31. The summed E-state index contributed by atoms with van der Waals surface area (Å²) in [7, 11) is 1.71. The van der Waals surface area contributed by atoms with Crippen LogP contribution in [0.1, 0.15) is 42.4 Å². The van der Waals surface area contributed by atoms with Crippen molar-refractivity contribution in [3.63, 3.8) is 0 Å². The molecule has 1 unspecified atom stereocenters. The molecule has 3 heteroatoms. The minimum atomic E-state index is 0.423. The molecule has 0 heterocycles. The Labute approximate surface area is 109 Å². The first-order valence-electron chi connectivity index (χ1n) is 6.06. The van der Waals surface area contributed by atoms with E-state index in [4.69, 9.17) is 22.1 Å². The molecule has 17 heavy (non-hydrogen) atoms. The van der Waals surface area contributed by atoms with Gasteiger partial charge in [0.05, 0.1) is 7.11 Å². The molecule has 0 spiro atoms. The molecule has 0 aliphatic rings. The van der Waals surface area contributed by atoms with Crippen LogP contribution >= 0.6 is 11.6 Å². The van der Waals surface area contributed by atoms with Crippen LogP contribution < -0.4 is 10.5 Å². The van der Waals surface area contributed by atoms with Crippen molar-refractivity contribution in [1.82, 2.24) is 0 Å². The third-order valence-corrected chi connectivity index (χ3v) is 3.83. The monoisotopic (exact) mass is 255 g/mol. The summed E-state index contributed by atoms with van der Waals surface area (Å²) >= 11 is 6.31. The Kier molecular flexibility index (Phi) is 5.29. The van der Waals surface area contributed by atoms with E-state index >= 15 is 0 Å². The first-order valence-corrected chi connectivity index (χ1v) is 6.44. The van der Waals surface area contributed by atoms with Gasteiger partial charge in [0.1, 0.15) is 5.75 Å². The summed E-state index contributed by atoms with van der Waals surface area (Å²) in [5.41, 5.74) is 8.98. The van der Waals surface area contributed by atoms with E-state index in [1.807, 2.05) is 13.0 Å². The number of methoxy groups -OCH3 is 1. The van der Waals surface area contributed by atoms with Gasteiger partial charge >= 0.3 is 0 Å². The van der Waals surface area contributed by atoms with Crippen molar-refractivity contribution >= 4 is 11.6 Å². The number of ether oxygens (including phenoxy) is 1. The lowest BCUT2D eigenvalue weighted by Crippen LogP contribution is -2.05. The maximum absolute atomic E-state index is 6.31. The zero-order chi connectivity index (χ0) is 13.0. The Bertz CT molecular complexity index is 390. The van der Waals surface area contributed by atoms with Gasteiger partial charge in [0.15, 0.2) is 0 Å². The van der Waals surface area contributed by atoms with Crippen molar-refractivity contribution in [2.24, 2.45) is 5.73 Å². The Hall–Kier alpha value is -0.730. The molecule has 0 fully saturated rings. The highest BCUT2D eigenvalue weighted by Crippen LogP contribution is 2.37. The van der Waals surface area contributed by atoms with Gasteiger partial charge in [-0.3, -0.25) is 0 Å². The molecule has 1 aromatic rings. The Balaban J connectivity index is 3.16. The van der Waals surface area contributed by atoms with Gasteiger partial charge in [-0.1, -0.05) is 18.5 Å². The summed E-state index contributed by atoms with van der Waals surface area (Å²) in [6.07, 6.45) is 2.09. The van der Waals surface area contributed by atoms with Crippen LogP contribution in [-0.2, 0) is 0 Å². The SMILES string of the molecule is COc1cc(C)c(Cl)c(C)c1C(C)CCCN. The highest BCUT2D eigenvalue weighted by Gasteiger charge is 2.17. The van der Waals surface area contributed by atoms with E-state index in [1.54, 1.807) is 7.11 Å². The van der Waals surface area contributed by atoms with Gasteiger partial charge in [0.25, 0.3) is 0 Å². The fourth-order valence-corrected chi connectivity index (χ4v) is 2.44. The van der Waals surface area contributed by atoms with Crippen LogP contribution in [0.5, 0.6) is 5.75 Å². The molecule has 0 saturated heterocycles. The lowest BCUT2D eigenvalue weighted by atomic mass is 9.90. The second-order valence-corrected chi connectivity index (χ2v) is 4.96. The minimum Gasteiger partial charge on any atom is -0.496 e. The predicted molar refractivity (Wildman–Crippen MR) is 74.2 cm³/mol. The fraction of sp³-hybridized carbons (Fsp3) is 0.571. The number of benzene rings is 1. The zero-order valence-corrected chi connectivity index (χ0v) is 11.9. The summed E-state index contributed by atoms with van der Waals surface area (Å²) in [6, 6.07) is 2.02. The van der Waals surface area contributed by atoms with Crippen molar-refractivity contribution in [3.8, 4) is 5.75 Å². The molecule has 2 nitrogen and oxygen atoms in total. The lowest BCUT2D eigenvalue weighted by molar-refractivity contribution is 0.404. The van der Waals surface area contributed by atoms with Crippen molar-refractivity contribution in [2.75, 3.05) is 13.7 Å². The number of aryl methyl sites for hydroxylation is 1. The maximum Gasteiger partial charge on any atom is 0.122 e. The van der Waals surface area contributed by atoms with E-state index < -0.39 is 0 Å². The molecule has 1 atom stereocenters. The van der Waals surface area contributed by atoms with Crippen molar-refractivity contribution < 1.29 is 4.74 Å². The number of hydrogen-bond donors (Lipinski definition) is 1. The van der Waals surface area contributed by atoms with Crippen LogP contribution in [0, 0.1) is 13.8 Å². The van der Waals surface area contributed by atoms with Crippen molar-refractivity contribution in [1.29, 1.82) is 0 Å². The highest BCUT2D eigenvalue weighted by atomic mass is 35.5. The van der Waals surface area contributed by atoms with Gasteiger partial charge < -0.3 is 10.5 Å². The first-order chi connectivity index (χ1) is 8.02. The first kappa shape index (κ1) is 14.3. The predicted octanol–water partition coefficient (Wildman–Crippen LogP) is 3.81. The second-order valence-electron chi connectivity index (χ2n) is 4.58. The molecule has 1 rings (SSSR count). The Morgan fingerprint density at radius 1 is 1.41 bits per heavy atom. The van der Waals surface area contributed by atoms with Gasteiger partial charge in [-0.25, -0.2) is 0 Å². The molecular formula is C14H22ClNO. The molecule has 0 saturated carbocycles. The molecular weight excluding hydrogens is 234 g/mol. The van der Waals surface area contributed by atoms with Gasteiger partial charge in [-0.05, 0) is 56.3 Å². The number of rotatable bonds is 5. The Morgan fingerprint density at radius 3 is 2.59 bits per heavy atom. The average molecular weight is 256 g/mol. The van der Waals surface area contributed by atoms with E-state index in [9.17, 15) is 0 Å². The number of halogens is 1. The van der Waals surface area contributed by atoms with Crippen molar-refractivity contribution in [3.05, 3.63) is 27.8 Å². The van der Waals surface area contributed by atoms with E-state index in [1.165, 1.54) is 5.56 Å². The molecule has 2 N–H and O–H groups in total. The summed E-state index contributed by atoms with van der Waals surface area (Å²) in [5.74, 6) is 1.36. The summed E-state index contributed by atoms with van der Waals surface area (Å²) in [4.78, 5) is 0. The molecule has 0 amide bonds. The third-order valence-electron chi connectivity index (χ3n) is 3.25. The van der Waals surface area contributed by atoms with Crippen LogP contribution in [0.15, 0.2) is 6.07 Å². The minimum absolute atomic E-state index is 0.423. The quantitative estimate of drug-likeness (QED) is 0.868. The van der Waals surface area contributed by atoms with Crippen LogP contribution in [0.2, 0.25) is 5.02 Å². The third kappa shape index (κ3) is 3.14. The van der Waals surface area contributed by atoms with Crippen molar-refractivity contribution in [2.45, 2.75) is 39.5 Å². The van der Waals surface area contributed by atoms with E-state index in [0.717, 1.165) is 41.3 Å². The summed E-state index contributed by atoms with van der Waals surface area (Å²) in [6.45, 7) is 7.00. The molecule has 0 radical (unpaired) electrons. The summed E-state index contributed by atoms with van der Waals surface area (Å²) in [5, 5.41) is 0.848. The lowest BCUT2D eigenvalue weighted by Gasteiger charge is -2.20. The fourth-order valence-electron chi connectivity index (χ4n) is 2.29. The van der Waals surface area contributed by atoms with E-state index in [0.29, 0.717) is 5.92 Å². The van der Waals surface area contributed by atoms with E-state index in [2.05, 4.69) is 13.8 Å². The van der Waals surface area contributed by atoms with Gasteiger partial charge in [0.2, 0.25) is 0 Å². The average Bonchev–Trinajstić information content (AvgIpc) is 2.32. The van der Waals surface area contributed by atoms with Crippen LogP contribution in [0.4, 0.5) is 0 Å². The van der Waals surface area contributed by atoms with Gasteiger partial charge in [-0.2, -0.15) is 0 Å². The Morgan fingerprint density at radius 2 is 2.06 bits per heavy atom. The second kappa shape index (κ2) is 6.27. The molecule has 1 aromatic carbocycles. The molecule has 0 bridgehead atoms. The molecule has 0 aromatic heterocycles. The number of nitrogens with two attached hydrogens (primary N) is 1. The smallest absolute Gasteiger partial charge is 0.122 e. The standard InChI is InChI=1S/C14H22ClNO/c1-9(6-5-7-16)13-11(3)14(15)10(2)8-12(13)17-4/h8-9H,5-7,16H2,1-4H3. The molecule has 0 aliphatic carbocycles. The van der Waals surface area contributed by atoms with Crippen LogP contribution in [0.3, 0.4) is 0 Å². The van der Waals surface area contributed by atoms with Crippen LogP contribution in [-0.4, -0.2) is 13.7 Å². The largest absolute Gasteiger partial charge is 0.496 e. The molecule has 96 valence electrons. The number of hydrogen-bond acceptors (Lipinski definition) is 2.